The number of nitrogens with zero attached hydrogens (tertiary/aromatic N) is 3. The van der Waals surface area contributed by atoms with Gasteiger partial charge in [-0.3, -0.25) is 9.69 Å². The molecule has 1 amide bonds. The fourth-order valence-electron chi connectivity index (χ4n) is 3.73. The third-order valence-electron chi connectivity index (χ3n) is 5.36. The number of carboxylic acids is 1. The van der Waals surface area contributed by atoms with E-state index in [2.05, 4.69) is 31.6 Å². The minimum atomic E-state index is -0.891. The number of thiophene rings is 1. The van der Waals surface area contributed by atoms with Gasteiger partial charge in [0, 0.05) is 44.4 Å². The third kappa shape index (κ3) is 7.24. The predicted molar refractivity (Wildman–Crippen MR) is 137 cm³/mol. The molecule has 2 aromatic heterocycles. The van der Waals surface area contributed by atoms with Gasteiger partial charge >= 0.3 is 5.97 Å². The minimum absolute atomic E-state index is 0.0468. The van der Waals surface area contributed by atoms with Gasteiger partial charge in [-0.25, -0.2) is 14.8 Å². The lowest BCUT2D eigenvalue weighted by Gasteiger charge is -2.32. The number of carboxylic acid groups (broad SMARTS) is 1. The standard InChI is InChI=1S/C20H22ClN5OS.C4H6O2/c1-22-19(27)14-4-2-3-13(9-14)11-26-7-5-15(6-8-26)25-18-16-10-17(21)28-20(16)24-12-23-18;1-2-3-4(5)6/h2-4,9-10,12,15H,5-8,11H2,1H3,(H,22,27)(H,23,24,25);2-3H,1H3,(H,5,6)/b;3-2-. The third-order valence-corrected chi connectivity index (χ3v) is 6.53. The molecule has 1 aliphatic heterocycles. The summed E-state index contributed by atoms with van der Waals surface area (Å²) in [6.07, 6.45) is 6.23. The van der Waals surface area contributed by atoms with Crippen molar-refractivity contribution in [1.82, 2.24) is 20.2 Å². The Morgan fingerprint density at radius 1 is 1.26 bits per heavy atom. The number of amides is 1. The van der Waals surface area contributed by atoms with Gasteiger partial charge in [0.2, 0.25) is 0 Å². The summed E-state index contributed by atoms with van der Waals surface area (Å²) in [6.45, 7) is 4.52. The second-order valence-electron chi connectivity index (χ2n) is 7.80. The lowest BCUT2D eigenvalue weighted by Crippen LogP contribution is -2.38. The predicted octanol–water partition coefficient (Wildman–Crippen LogP) is 4.43. The molecular weight excluding hydrogens is 474 g/mol. The first-order chi connectivity index (χ1) is 16.4. The van der Waals surface area contributed by atoms with Gasteiger partial charge in [0.15, 0.2) is 0 Å². The fraction of sp³-hybridized carbons (Fsp3) is 0.333. The fourth-order valence-corrected chi connectivity index (χ4v) is 4.78. The molecule has 1 aliphatic rings. The van der Waals surface area contributed by atoms with Crippen molar-refractivity contribution < 1.29 is 14.7 Å². The number of fused-ring (bicyclic) bond motifs is 1. The lowest BCUT2D eigenvalue weighted by molar-refractivity contribution is -0.131. The van der Waals surface area contributed by atoms with Gasteiger partial charge in [-0.05, 0) is 43.5 Å². The van der Waals surface area contributed by atoms with Gasteiger partial charge in [0.05, 0.1) is 9.72 Å². The summed E-state index contributed by atoms with van der Waals surface area (Å²) in [7, 11) is 1.66. The molecule has 1 saturated heterocycles. The number of anilines is 1. The molecule has 0 saturated carbocycles. The smallest absolute Gasteiger partial charge is 0.327 e. The van der Waals surface area contributed by atoms with E-state index in [1.54, 1.807) is 20.3 Å². The summed E-state index contributed by atoms with van der Waals surface area (Å²) in [5, 5.41) is 15.1. The number of halogens is 1. The van der Waals surface area contributed by atoms with Crippen molar-refractivity contribution in [2.45, 2.75) is 32.4 Å². The maximum absolute atomic E-state index is 11.8. The highest BCUT2D eigenvalue weighted by atomic mass is 35.5. The average molecular weight is 502 g/mol. The first-order valence-corrected chi connectivity index (χ1v) is 12.1. The van der Waals surface area contributed by atoms with E-state index in [9.17, 15) is 9.59 Å². The van der Waals surface area contributed by atoms with Crippen LogP contribution in [-0.4, -0.2) is 58.0 Å². The number of hydrogen-bond acceptors (Lipinski definition) is 7. The van der Waals surface area contributed by atoms with Gasteiger partial charge in [-0.1, -0.05) is 29.8 Å². The number of carbonyl (C=O) groups excluding carboxylic acids is 1. The number of benzene rings is 1. The Balaban J connectivity index is 0.000000481. The van der Waals surface area contributed by atoms with E-state index in [0.717, 1.165) is 64.5 Å². The number of piperidine rings is 1. The van der Waals surface area contributed by atoms with Gasteiger partial charge in [-0.15, -0.1) is 11.3 Å². The van der Waals surface area contributed by atoms with E-state index in [4.69, 9.17) is 16.7 Å². The summed E-state index contributed by atoms with van der Waals surface area (Å²) in [5.74, 6) is -0.0724. The highest BCUT2D eigenvalue weighted by Crippen LogP contribution is 2.32. The summed E-state index contributed by atoms with van der Waals surface area (Å²) in [4.78, 5) is 33.4. The average Bonchev–Trinajstić information content (AvgIpc) is 3.21. The molecule has 34 heavy (non-hydrogen) atoms. The van der Waals surface area contributed by atoms with Crippen molar-refractivity contribution in [3.63, 3.8) is 0 Å². The molecule has 0 radical (unpaired) electrons. The van der Waals surface area contributed by atoms with Gasteiger partial charge in [0.1, 0.15) is 17.0 Å². The number of aromatic nitrogens is 2. The Kier molecular flexibility index (Phi) is 9.38. The molecule has 10 heteroatoms. The SMILES string of the molecule is C/C=C\C(=O)O.CNC(=O)c1cccc(CN2CCC(Nc3ncnc4sc(Cl)cc34)CC2)c1. The van der Waals surface area contributed by atoms with Crippen molar-refractivity contribution >= 4 is 50.8 Å². The van der Waals surface area contributed by atoms with Gasteiger partial charge in [-0.2, -0.15) is 0 Å². The number of rotatable bonds is 6. The van der Waals surface area contributed by atoms with Crippen molar-refractivity contribution in [3.8, 4) is 0 Å². The molecule has 1 aromatic carbocycles. The quantitative estimate of drug-likeness (QED) is 0.429. The number of aliphatic carboxylic acids is 1. The normalized spacial score (nSPS) is 14.6. The molecule has 180 valence electrons. The van der Waals surface area contributed by atoms with Crippen LogP contribution in [0.5, 0.6) is 0 Å². The number of nitrogens with one attached hydrogen (secondary N) is 2. The largest absolute Gasteiger partial charge is 0.478 e. The van der Waals surface area contributed by atoms with Crippen LogP contribution >= 0.6 is 22.9 Å². The van der Waals surface area contributed by atoms with Crippen LogP contribution in [0, 0.1) is 0 Å². The molecule has 3 aromatic rings. The Morgan fingerprint density at radius 3 is 2.68 bits per heavy atom. The summed E-state index contributed by atoms with van der Waals surface area (Å²) in [5.41, 5.74) is 1.87. The van der Waals surface area contributed by atoms with Gasteiger partial charge < -0.3 is 15.7 Å². The Hall–Kier alpha value is -3.01. The molecule has 0 aliphatic carbocycles. The molecular formula is C24H28ClN5O3S. The maximum Gasteiger partial charge on any atom is 0.327 e. The van der Waals surface area contributed by atoms with Crippen LogP contribution in [0.4, 0.5) is 5.82 Å². The van der Waals surface area contributed by atoms with E-state index in [-0.39, 0.29) is 5.91 Å². The van der Waals surface area contributed by atoms with Gasteiger partial charge in [0.25, 0.3) is 5.91 Å². The number of likely N-dealkylation sites (tertiary alicyclic amines) is 1. The highest BCUT2D eigenvalue weighted by Gasteiger charge is 2.21. The number of allylic oxidation sites excluding steroid dienone is 1. The van der Waals surface area contributed by atoms with Crippen LogP contribution in [0.2, 0.25) is 4.34 Å². The molecule has 3 N–H and O–H groups in total. The molecule has 8 nitrogen and oxygen atoms in total. The first-order valence-electron chi connectivity index (χ1n) is 10.9. The monoisotopic (exact) mass is 501 g/mol. The Bertz CT molecular complexity index is 1160. The lowest BCUT2D eigenvalue weighted by atomic mass is 10.0. The van der Waals surface area contributed by atoms with Crippen molar-refractivity contribution in [3.05, 3.63) is 64.3 Å². The van der Waals surface area contributed by atoms with Crippen LogP contribution in [0.15, 0.2) is 48.8 Å². The molecule has 3 heterocycles. The van der Waals surface area contributed by atoms with E-state index >= 15 is 0 Å². The zero-order valence-electron chi connectivity index (χ0n) is 19.1. The molecule has 4 rings (SSSR count). The maximum atomic E-state index is 11.8. The van der Waals surface area contributed by atoms with E-state index in [1.807, 2.05) is 24.3 Å². The van der Waals surface area contributed by atoms with Crippen LogP contribution in [0.25, 0.3) is 10.2 Å². The molecule has 0 atom stereocenters. The number of hydrogen-bond donors (Lipinski definition) is 3. The first kappa shape index (κ1) is 25.6. The molecule has 0 spiro atoms. The second kappa shape index (κ2) is 12.5. The topological polar surface area (TPSA) is 107 Å². The summed E-state index contributed by atoms with van der Waals surface area (Å²) >= 11 is 7.60. The zero-order valence-corrected chi connectivity index (χ0v) is 20.7. The Labute approximate surface area is 207 Å². The van der Waals surface area contributed by atoms with Crippen LogP contribution in [-0.2, 0) is 11.3 Å². The minimum Gasteiger partial charge on any atom is -0.478 e. The molecule has 0 unspecified atom stereocenters. The summed E-state index contributed by atoms with van der Waals surface area (Å²) < 4.78 is 0.729. The highest BCUT2D eigenvalue weighted by molar-refractivity contribution is 7.22. The van der Waals surface area contributed by atoms with Crippen molar-refractivity contribution in [1.29, 1.82) is 0 Å². The van der Waals surface area contributed by atoms with Crippen LogP contribution in [0.1, 0.15) is 35.7 Å². The molecule has 1 fully saturated rings. The molecule has 0 bridgehead atoms. The van der Waals surface area contributed by atoms with E-state index in [0.29, 0.717) is 11.6 Å². The van der Waals surface area contributed by atoms with Crippen molar-refractivity contribution in [2.75, 3.05) is 25.5 Å². The summed E-state index contributed by atoms with van der Waals surface area (Å²) in [6, 6.07) is 10.2. The second-order valence-corrected chi connectivity index (χ2v) is 9.47. The zero-order chi connectivity index (χ0) is 24.5. The van der Waals surface area contributed by atoms with E-state index in [1.165, 1.54) is 17.4 Å². The van der Waals surface area contributed by atoms with Crippen LogP contribution < -0.4 is 10.6 Å². The van der Waals surface area contributed by atoms with Crippen molar-refractivity contribution in [2.24, 2.45) is 0 Å². The van der Waals surface area contributed by atoms with E-state index < -0.39 is 5.97 Å². The van der Waals surface area contributed by atoms with Crippen LogP contribution in [0.3, 0.4) is 0 Å². The Morgan fingerprint density at radius 2 is 2.03 bits per heavy atom. The number of carbonyl (C=O) groups is 2.